The van der Waals surface area contributed by atoms with Gasteiger partial charge in [0.25, 0.3) is 0 Å². The predicted octanol–water partition coefficient (Wildman–Crippen LogP) is 0.589. The van der Waals surface area contributed by atoms with Crippen LogP contribution in [0.15, 0.2) is 6.20 Å². The molecular weight excluding hydrogens is 282 g/mol. The summed E-state index contributed by atoms with van der Waals surface area (Å²) in [6.45, 7) is 4.13. The van der Waals surface area contributed by atoms with Crippen LogP contribution < -0.4 is 5.32 Å². The van der Waals surface area contributed by atoms with Crippen LogP contribution in [0.2, 0.25) is 0 Å². The average Bonchev–Trinajstić information content (AvgIpc) is 2.95. The number of carbonyl (C=O) groups excluding carboxylic acids is 2. The van der Waals surface area contributed by atoms with Crippen molar-refractivity contribution in [1.82, 2.24) is 9.88 Å². The van der Waals surface area contributed by atoms with Gasteiger partial charge in [-0.05, 0) is 6.92 Å². The Balaban J connectivity index is 1.93. The van der Waals surface area contributed by atoms with Crippen LogP contribution in [0.5, 0.6) is 0 Å². The number of methoxy groups -OCH3 is 1. The lowest BCUT2D eigenvalue weighted by atomic mass is 10.2. The van der Waals surface area contributed by atoms with Crippen molar-refractivity contribution in [2.75, 3.05) is 38.7 Å². The van der Waals surface area contributed by atoms with Crippen molar-refractivity contribution in [1.29, 1.82) is 0 Å². The number of nitrogens with one attached hydrogen (secondary N) is 1. The van der Waals surface area contributed by atoms with Crippen LogP contribution in [0.1, 0.15) is 16.6 Å². The van der Waals surface area contributed by atoms with Crippen molar-refractivity contribution in [3.05, 3.63) is 11.1 Å². The number of morpholine rings is 1. The third kappa shape index (κ3) is 3.45. The molecule has 7 nitrogen and oxygen atoms in total. The number of thiazole rings is 1. The number of nitrogens with zero attached hydrogens (tertiary/aromatic N) is 2. The Morgan fingerprint density at radius 1 is 1.50 bits per heavy atom. The van der Waals surface area contributed by atoms with E-state index in [4.69, 9.17) is 4.74 Å². The Bertz CT molecular complexity index is 485. The van der Waals surface area contributed by atoms with E-state index >= 15 is 0 Å². The van der Waals surface area contributed by atoms with E-state index in [2.05, 4.69) is 15.0 Å². The van der Waals surface area contributed by atoms with E-state index in [0.717, 1.165) is 0 Å². The first kappa shape index (κ1) is 14.7. The van der Waals surface area contributed by atoms with Crippen molar-refractivity contribution >= 4 is 28.3 Å². The van der Waals surface area contributed by atoms with Crippen LogP contribution in [0.25, 0.3) is 0 Å². The molecule has 1 saturated heterocycles. The van der Waals surface area contributed by atoms with Crippen molar-refractivity contribution in [3.63, 3.8) is 0 Å². The molecule has 1 amide bonds. The summed E-state index contributed by atoms with van der Waals surface area (Å²) in [7, 11) is 1.32. The van der Waals surface area contributed by atoms with Crippen molar-refractivity contribution in [2.45, 2.75) is 13.0 Å². The first-order valence-electron chi connectivity index (χ1n) is 6.29. The van der Waals surface area contributed by atoms with Gasteiger partial charge in [0, 0.05) is 13.1 Å². The maximum absolute atomic E-state index is 12.2. The lowest BCUT2D eigenvalue weighted by Crippen LogP contribution is -2.46. The van der Waals surface area contributed by atoms with E-state index in [0.29, 0.717) is 36.3 Å². The number of carbonyl (C=O) groups is 2. The van der Waals surface area contributed by atoms with Crippen LogP contribution in [-0.2, 0) is 14.3 Å². The molecule has 0 radical (unpaired) electrons. The van der Waals surface area contributed by atoms with E-state index in [1.807, 2.05) is 0 Å². The molecule has 1 aliphatic heterocycles. The zero-order valence-corrected chi connectivity index (χ0v) is 12.2. The fourth-order valence-corrected chi connectivity index (χ4v) is 2.66. The maximum Gasteiger partial charge on any atom is 0.349 e. The second-order valence-electron chi connectivity index (χ2n) is 4.32. The molecule has 1 aromatic heterocycles. The molecule has 1 fully saturated rings. The van der Waals surface area contributed by atoms with Crippen molar-refractivity contribution < 1.29 is 19.1 Å². The van der Waals surface area contributed by atoms with Gasteiger partial charge in [0.2, 0.25) is 5.91 Å². The number of hydrogen-bond acceptors (Lipinski definition) is 7. The van der Waals surface area contributed by atoms with Gasteiger partial charge in [0.1, 0.15) is 10.9 Å². The Hall–Kier alpha value is -1.67. The molecule has 0 bridgehead atoms. The lowest BCUT2D eigenvalue weighted by molar-refractivity contribution is -0.135. The van der Waals surface area contributed by atoms with Gasteiger partial charge < -0.3 is 19.7 Å². The fraction of sp³-hybridized carbons (Fsp3) is 0.583. The molecule has 8 heteroatoms. The Morgan fingerprint density at radius 2 is 2.20 bits per heavy atom. The molecule has 1 aromatic rings. The van der Waals surface area contributed by atoms with E-state index in [1.165, 1.54) is 24.6 Å². The van der Waals surface area contributed by atoms with Crippen LogP contribution in [-0.4, -0.2) is 61.2 Å². The Morgan fingerprint density at radius 3 is 2.85 bits per heavy atom. The first-order valence-corrected chi connectivity index (χ1v) is 7.10. The molecular formula is C12H17N3O4S. The number of ether oxygens (including phenoxy) is 2. The van der Waals surface area contributed by atoms with Gasteiger partial charge in [-0.25, -0.2) is 9.78 Å². The molecule has 0 saturated carbocycles. The van der Waals surface area contributed by atoms with Gasteiger partial charge in [-0.1, -0.05) is 11.3 Å². The fourth-order valence-electron chi connectivity index (χ4n) is 1.84. The monoisotopic (exact) mass is 299 g/mol. The minimum Gasteiger partial charge on any atom is -0.465 e. The minimum absolute atomic E-state index is 0.00289. The molecule has 0 aromatic carbocycles. The SMILES string of the molecule is COC(=O)c1cnc(NC(C)C(=O)N2CCOCC2)s1. The zero-order valence-electron chi connectivity index (χ0n) is 11.4. The highest BCUT2D eigenvalue weighted by Crippen LogP contribution is 2.20. The van der Waals surface area contributed by atoms with Crippen LogP contribution in [0, 0.1) is 0 Å². The van der Waals surface area contributed by atoms with Gasteiger partial charge >= 0.3 is 5.97 Å². The largest absolute Gasteiger partial charge is 0.465 e. The highest BCUT2D eigenvalue weighted by molar-refractivity contribution is 7.17. The van der Waals surface area contributed by atoms with E-state index in [1.54, 1.807) is 11.8 Å². The molecule has 110 valence electrons. The average molecular weight is 299 g/mol. The lowest BCUT2D eigenvalue weighted by Gasteiger charge is -2.29. The molecule has 1 unspecified atom stereocenters. The van der Waals surface area contributed by atoms with Gasteiger partial charge in [0.15, 0.2) is 5.13 Å². The summed E-state index contributed by atoms with van der Waals surface area (Å²) in [5.41, 5.74) is 0. The molecule has 1 aliphatic rings. The van der Waals surface area contributed by atoms with Crippen LogP contribution in [0.3, 0.4) is 0 Å². The molecule has 0 aliphatic carbocycles. The number of amides is 1. The summed E-state index contributed by atoms with van der Waals surface area (Å²) in [6.07, 6.45) is 1.44. The summed E-state index contributed by atoms with van der Waals surface area (Å²) in [6, 6.07) is -0.398. The first-order chi connectivity index (χ1) is 9.61. The Labute approximate surface area is 120 Å². The zero-order chi connectivity index (χ0) is 14.5. The molecule has 1 N–H and O–H groups in total. The predicted molar refractivity (Wildman–Crippen MR) is 73.9 cm³/mol. The smallest absolute Gasteiger partial charge is 0.349 e. The van der Waals surface area contributed by atoms with Gasteiger partial charge in [-0.3, -0.25) is 4.79 Å². The van der Waals surface area contributed by atoms with Crippen LogP contribution in [0.4, 0.5) is 5.13 Å². The Kier molecular flexibility index (Phi) is 4.91. The summed E-state index contributed by atoms with van der Waals surface area (Å²) >= 11 is 1.17. The molecule has 1 atom stereocenters. The van der Waals surface area contributed by atoms with E-state index in [-0.39, 0.29) is 5.91 Å². The summed E-state index contributed by atoms with van der Waals surface area (Å²) in [4.78, 5) is 29.7. The minimum atomic E-state index is -0.428. The number of rotatable bonds is 4. The number of hydrogen-bond donors (Lipinski definition) is 1. The van der Waals surface area contributed by atoms with Gasteiger partial charge in [-0.15, -0.1) is 0 Å². The van der Waals surface area contributed by atoms with Crippen molar-refractivity contribution in [2.24, 2.45) is 0 Å². The van der Waals surface area contributed by atoms with Gasteiger partial charge in [-0.2, -0.15) is 0 Å². The van der Waals surface area contributed by atoms with E-state index < -0.39 is 12.0 Å². The second-order valence-corrected chi connectivity index (χ2v) is 5.36. The molecule has 2 rings (SSSR count). The highest BCUT2D eigenvalue weighted by Gasteiger charge is 2.23. The third-order valence-electron chi connectivity index (χ3n) is 2.93. The summed E-state index contributed by atoms with van der Waals surface area (Å²) in [5, 5.41) is 3.53. The standard InChI is InChI=1S/C12H17N3O4S/c1-8(10(16)15-3-5-19-6-4-15)14-12-13-7-9(20-12)11(17)18-2/h7-8H,3-6H2,1-2H3,(H,13,14). The van der Waals surface area contributed by atoms with Gasteiger partial charge in [0.05, 0.1) is 26.5 Å². The summed E-state index contributed by atoms with van der Waals surface area (Å²) < 4.78 is 9.83. The second kappa shape index (κ2) is 6.67. The van der Waals surface area contributed by atoms with Crippen molar-refractivity contribution in [3.8, 4) is 0 Å². The molecule has 0 spiro atoms. The molecule has 2 heterocycles. The highest BCUT2D eigenvalue weighted by atomic mass is 32.1. The third-order valence-corrected chi connectivity index (χ3v) is 3.83. The summed E-state index contributed by atoms with van der Waals surface area (Å²) in [5.74, 6) is -0.425. The number of esters is 1. The topological polar surface area (TPSA) is 80.8 Å². The number of anilines is 1. The van der Waals surface area contributed by atoms with E-state index in [9.17, 15) is 9.59 Å². The molecule has 20 heavy (non-hydrogen) atoms. The normalized spacial score (nSPS) is 16.6. The number of aromatic nitrogens is 1. The van der Waals surface area contributed by atoms with Crippen LogP contribution >= 0.6 is 11.3 Å². The quantitative estimate of drug-likeness (QED) is 0.820. The maximum atomic E-state index is 12.2.